The topological polar surface area (TPSA) is 62.2 Å². The molecule has 4 nitrogen and oxygen atoms in total. The molecule has 0 saturated carbocycles. The van der Waals surface area contributed by atoms with Crippen LogP contribution in [0, 0.1) is 0 Å². The molecular formula is C17H16N2O2S. The Labute approximate surface area is 132 Å². The number of thiophene rings is 1. The van der Waals surface area contributed by atoms with Gasteiger partial charge in [-0.15, -0.1) is 11.3 Å². The summed E-state index contributed by atoms with van der Waals surface area (Å²) in [4.78, 5) is 15.3. The number of carboxylic acids is 1. The van der Waals surface area contributed by atoms with Crippen molar-refractivity contribution >= 4 is 27.5 Å². The number of fused-ring (bicyclic) bond motifs is 1. The van der Waals surface area contributed by atoms with Gasteiger partial charge in [0, 0.05) is 12.7 Å². The highest BCUT2D eigenvalue weighted by atomic mass is 32.1. The van der Waals surface area contributed by atoms with Crippen LogP contribution >= 0.6 is 11.3 Å². The number of carboxylic acid groups (broad SMARTS) is 1. The van der Waals surface area contributed by atoms with Gasteiger partial charge in [-0.2, -0.15) is 0 Å². The van der Waals surface area contributed by atoms with Gasteiger partial charge in [0.05, 0.1) is 15.8 Å². The first-order valence-electron chi connectivity index (χ1n) is 7.07. The van der Waals surface area contributed by atoms with Gasteiger partial charge in [0.1, 0.15) is 0 Å². The van der Waals surface area contributed by atoms with Crippen molar-refractivity contribution in [3.63, 3.8) is 0 Å². The molecule has 5 heteroatoms. The first-order chi connectivity index (χ1) is 10.7. The number of nitrogens with one attached hydrogen (secondary N) is 1. The van der Waals surface area contributed by atoms with Crippen LogP contribution in [0.15, 0.2) is 48.0 Å². The Morgan fingerprint density at radius 3 is 3.00 bits per heavy atom. The fraction of sp³-hybridized carbons (Fsp3) is 0.176. The van der Waals surface area contributed by atoms with Gasteiger partial charge >= 0.3 is 5.97 Å². The SMILES string of the molecule is O=C(O)c1cccc(CCNCc2cnc3ccsc3c2)c1. The number of carbonyl (C=O) groups is 1. The molecule has 0 aliphatic carbocycles. The minimum absolute atomic E-state index is 0.338. The van der Waals surface area contributed by atoms with Crippen LogP contribution in [-0.4, -0.2) is 22.6 Å². The summed E-state index contributed by atoms with van der Waals surface area (Å²) in [5.74, 6) is -0.884. The first-order valence-corrected chi connectivity index (χ1v) is 7.95. The van der Waals surface area contributed by atoms with Crippen molar-refractivity contribution in [2.24, 2.45) is 0 Å². The van der Waals surface area contributed by atoms with E-state index in [-0.39, 0.29) is 0 Å². The van der Waals surface area contributed by atoms with Crippen LogP contribution in [0.3, 0.4) is 0 Å². The molecule has 22 heavy (non-hydrogen) atoms. The van der Waals surface area contributed by atoms with E-state index in [1.54, 1.807) is 29.5 Å². The Morgan fingerprint density at radius 1 is 1.23 bits per heavy atom. The van der Waals surface area contributed by atoms with Crippen LogP contribution in [0.5, 0.6) is 0 Å². The lowest BCUT2D eigenvalue weighted by Gasteiger charge is -2.06. The molecule has 3 rings (SSSR count). The molecule has 2 N–H and O–H groups in total. The Kier molecular flexibility index (Phi) is 4.46. The minimum Gasteiger partial charge on any atom is -0.478 e. The van der Waals surface area contributed by atoms with E-state index in [0.29, 0.717) is 5.56 Å². The number of pyridine rings is 1. The molecule has 0 amide bonds. The van der Waals surface area contributed by atoms with Crippen molar-refractivity contribution in [2.75, 3.05) is 6.54 Å². The maximum atomic E-state index is 10.9. The van der Waals surface area contributed by atoms with E-state index in [0.717, 1.165) is 36.2 Å². The molecule has 0 aliphatic heterocycles. The number of hydrogen-bond donors (Lipinski definition) is 2. The van der Waals surface area contributed by atoms with Crippen LogP contribution < -0.4 is 5.32 Å². The van der Waals surface area contributed by atoms with Crippen LogP contribution in [-0.2, 0) is 13.0 Å². The summed E-state index contributed by atoms with van der Waals surface area (Å²) in [6.45, 7) is 1.56. The monoisotopic (exact) mass is 312 g/mol. The summed E-state index contributed by atoms with van der Waals surface area (Å²) in [7, 11) is 0. The van der Waals surface area contributed by atoms with E-state index in [1.807, 2.05) is 23.7 Å². The molecule has 112 valence electrons. The second-order valence-corrected chi connectivity index (χ2v) is 6.03. The van der Waals surface area contributed by atoms with Gasteiger partial charge < -0.3 is 10.4 Å². The quantitative estimate of drug-likeness (QED) is 0.685. The summed E-state index contributed by atoms with van der Waals surface area (Å²) in [6.07, 6.45) is 2.70. The van der Waals surface area contributed by atoms with E-state index in [1.165, 1.54) is 4.70 Å². The summed E-state index contributed by atoms with van der Waals surface area (Å²) in [6, 6.07) is 11.3. The molecule has 0 spiro atoms. The number of benzene rings is 1. The lowest BCUT2D eigenvalue weighted by atomic mass is 10.1. The average Bonchev–Trinajstić information content (AvgIpc) is 2.99. The Morgan fingerprint density at radius 2 is 2.14 bits per heavy atom. The minimum atomic E-state index is -0.884. The van der Waals surface area contributed by atoms with Gasteiger partial charge in [0.2, 0.25) is 0 Å². The molecule has 0 aliphatic rings. The smallest absolute Gasteiger partial charge is 0.335 e. The Bertz CT molecular complexity index is 798. The number of hydrogen-bond acceptors (Lipinski definition) is 4. The average molecular weight is 312 g/mol. The van der Waals surface area contributed by atoms with Gasteiger partial charge in [0.25, 0.3) is 0 Å². The Balaban J connectivity index is 1.52. The second kappa shape index (κ2) is 6.68. The molecule has 0 radical (unpaired) electrons. The van der Waals surface area contributed by atoms with Crippen molar-refractivity contribution in [3.8, 4) is 0 Å². The molecule has 0 bridgehead atoms. The van der Waals surface area contributed by atoms with Crippen molar-refractivity contribution in [3.05, 3.63) is 64.7 Å². The van der Waals surface area contributed by atoms with Gasteiger partial charge in [-0.1, -0.05) is 12.1 Å². The number of aromatic nitrogens is 1. The predicted octanol–water partition coefficient (Wildman–Crippen LogP) is 3.33. The number of nitrogens with zero attached hydrogens (tertiary/aromatic N) is 1. The highest BCUT2D eigenvalue weighted by Crippen LogP contribution is 2.19. The third-order valence-electron chi connectivity index (χ3n) is 3.45. The fourth-order valence-corrected chi connectivity index (χ4v) is 3.11. The lowest BCUT2D eigenvalue weighted by Crippen LogP contribution is -2.16. The molecule has 0 fully saturated rings. The highest BCUT2D eigenvalue weighted by molar-refractivity contribution is 7.17. The van der Waals surface area contributed by atoms with Crippen molar-refractivity contribution in [2.45, 2.75) is 13.0 Å². The summed E-state index contributed by atoms with van der Waals surface area (Å²) < 4.78 is 1.20. The molecule has 0 unspecified atom stereocenters. The molecule has 0 atom stereocenters. The molecule has 1 aromatic carbocycles. The van der Waals surface area contributed by atoms with Crippen molar-refractivity contribution in [1.82, 2.24) is 10.3 Å². The van der Waals surface area contributed by atoms with Crippen LogP contribution in [0.1, 0.15) is 21.5 Å². The zero-order valence-electron chi connectivity index (χ0n) is 12.0. The Hall–Kier alpha value is -2.24. The zero-order valence-corrected chi connectivity index (χ0v) is 12.8. The molecule has 0 saturated heterocycles. The third kappa shape index (κ3) is 3.50. The van der Waals surface area contributed by atoms with E-state index < -0.39 is 5.97 Å². The largest absolute Gasteiger partial charge is 0.478 e. The van der Waals surface area contributed by atoms with Crippen LogP contribution in [0.2, 0.25) is 0 Å². The van der Waals surface area contributed by atoms with E-state index in [2.05, 4.69) is 16.4 Å². The molecule has 2 aromatic heterocycles. The fourth-order valence-electron chi connectivity index (χ4n) is 2.31. The summed E-state index contributed by atoms with van der Waals surface area (Å²) in [5, 5.41) is 14.4. The number of rotatable bonds is 6. The van der Waals surface area contributed by atoms with Crippen LogP contribution in [0.4, 0.5) is 0 Å². The van der Waals surface area contributed by atoms with E-state index >= 15 is 0 Å². The van der Waals surface area contributed by atoms with E-state index in [4.69, 9.17) is 5.11 Å². The van der Waals surface area contributed by atoms with Crippen LogP contribution in [0.25, 0.3) is 10.2 Å². The van der Waals surface area contributed by atoms with E-state index in [9.17, 15) is 4.79 Å². The number of aromatic carboxylic acids is 1. The highest BCUT2D eigenvalue weighted by Gasteiger charge is 2.03. The first kappa shape index (κ1) is 14.7. The zero-order chi connectivity index (χ0) is 15.4. The van der Waals surface area contributed by atoms with Gasteiger partial charge in [-0.05, 0) is 53.7 Å². The standard InChI is InChI=1S/C17H16N2O2S/c20-17(21)14-3-1-2-12(8-14)4-6-18-10-13-9-16-15(19-11-13)5-7-22-16/h1-3,5,7-9,11,18H,4,6,10H2,(H,20,21). The van der Waals surface area contributed by atoms with Crippen molar-refractivity contribution < 1.29 is 9.90 Å². The predicted molar refractivity (Wildman–Crippen MR) is 88.4 cm³/mol. The summed E-state index contributed by atoms with van der Waals surface area (Å²) >= 11 is 1.70. The van der Waals surface area contributed by atoms with Gasteiger partial charge in [-0.25, -0.2) is 4.79 Å². The van der Waals surface area contributed by atoms with Crippen molar-refractivity contribution in [1.29, 1.82) is 0 Å². The molecular weight excluding hydrogens is 296 g/mol. The maximum absolute atomic E-state index is 10.9. The maximum Gasteiger partial charge on any atom is 0.335 e. The summed E-state index contributed by atoms with van der Waals surface area (Å²) in [5.41, 5.74) is 3.57. The third-order valence-corrected chi connectivity index (χ3v) is 4.31. The second-order valence-electron chi connectivity index (χ2n) is 5.08. The normalized spacial score (nSPS) is 10.9. The van der Waals surface area contributed by atoms with Gasteiger partial charge in [0.15, 0.2) is 0 Å². The molecule has 2 heterocycles. The molecule has 3 aromatic rings. The lowest BCUT2D eigenvalue weighted by molar-refractivity contribution is 0.0696. The van der Waals surface area contributed by atoms with Gasteiger partial charge in [-0.3, -0.25) is 4.98 Å².